The number of hydrogen-bond donors (Lipinski definition) is 3. The van der Waals surface area contributed by atoms with Crippen LogP contribution in [0.4, 0.5) is 0 Å². The summed E-state index contributed by atoms with van der Waals surface area (Å²) in [6, 6.07) is 21.8. The molecule has 1 unspecified atom stereocenters. The van der Waals surface area contributed by atoms with Gasteiger partial charge in [0.1, 0.15) is 17.2 Å². The molecule has 3 N–H and O–H groups in total. The second-order valence-electron chi connectivity index (χ2n) is 7.60. The second kappa shape index (κ2) is 10.5. The number of ether oxygens (including phenoxy) is 1. The Labute approximate surface area is 192 Å². The third kappa shape index (κ3) is 5.57. The van der Waals surface area contributed by atoms with Crippen LogP contribution in [0.3, 0.4) is 0 Å². The Hall–Kier alpha value is -4.13. The van der Waals surface area contributed by atoms with E-state index >= 15 is 0 Å². The normalized spacial score (nSPS) is 15.7. The minimum Gasteiger partial charge on any atom is -0.508 e. The SMILES string of the molecule is CCCOc1ccc(/C=N/NC2=NC(c3ccccc3O)CC(c3ccccc3)=N2)c(O)c1. The van der Waals surface area contributed by atoms with Crippen LogP contribution in [0.1, 0.15) is 42.5 Å². The maximum absolute atomic E-state index is 10.3. The van der Waals surface area contributed by atoms with E-state index in [1.165, 1.54) is 6.21 Å². The van der Waals surface area contributed by atoms with Gasteiger partial charge in [-0.05, 0) is 30.2 Å². The number of nitrogens with one attached hydrogen (secondary N) is 1. The van der Waals surface area contributed by atoms with Crippen molar-refractivity contribution in [2.75, 3.05) is 6.61 Å². The van der Waals surface area contributed by atoms with Crippen molar-refractivity contribution in [1.29, 1.82) is 0 Å². The lowest BCUT2D eigenvalue weighted by Gasteiger charge is -2.21. The molecule has 7 heteroatoms. The summed E-state index contributed by atoms with van der Waals surface area (Å²) in [5.74, 6) is 1.20. The molecule has 7 nitrogen and oxygen atoms in total. The molecule has 0 spiro atoms. The molecule has 1 aliphatic rings. The van der Waals surface area contributed by atoms with E-state index in [4.69, 9.17) is 4.74 Å². The van der Waals surface area contributed by atoms with Crippen molar-refractivity contribution >= 4 is 17.9 Å². The predicted octanol–water partition coefficient (Wildman–Crippen LogP) is 4.80. The number of aromatic hydroxyl groups is 2. The zero-order chi connectivity index (χ0) is 23.0. The largest absolute Gasteiger partial charge is 0.508 e. The fourth-order valence-electron chi connectivity index (χ4n) is 3.50. The minimum atomic E-state index is -0.306. The Morgan fingerprint density at radius 3 is 2.58 bits per heavy atom. The lowest BCUT2D eigenvalue weighted by Crippen LogP contribution is -2.24. The number of benzene rings is 3. The van der Waals surface area contributed by atoms with Crippen molar-refractivity contribution in [2.24, 2.45) is 15.1 Å². The zero-order valence-corrected chi connectivity index (χ0v) is 18.3. The molecule has 0 radical (unpaired) electrons. The Balaban J connectivity index is 1.56. The van der Waals surface area contributed by atoms with Gasteiger partial charge in [-0.2, -0.15) is 5.10 Å². The number of aliphatic imine (C=N–C) groups is 2. The maximum atomic E-state index is 10.3. The quantitative estimate of drug-likeness (QED) is 0.362. The molecule has 0 bridgehead atoms. The summed E-state index contributed by atoms with van der Waals surface area (Å²) >= 11 is 0. The first kappa shape index (κ1) is 22.1. The number of rotatable bonds is 7. The first-order chi connectivity index (χ1) is 16.1. The molecular formula is C26H26N4O3. The van der Waals surface area contributed by atoms with Gasteiger partial charge in [-0.25, -0.2) is 15.4 Å². The molecule has 168 valence electrons. The Morgan fingerprint density at radius 2 is 1.82 bits per heavy atom. The smallest absolute Gasteiger partial charge is 0.239 e. The third-order valence-electron chi connectivity index (χ3n) is 5.15. The molecule has 1 atom stereocenters. The van der Waals surface area contributed by atoms with Gasteiger partial charge in [0.2, 0.25) is 5.96 Å². The van der Waals surface area contributed by atoms with Crippen LogP contribution in [-0.4, -0.2) is 34.7 Å². The molecule has 0 aromatic heterocycles. The van der Waals surface area contributed by atoms with E-state index in [0.29, 0.717) is 30.3 Å². The highest BCUT2D eigenvalue weighted by molar-refractivity contribution is 6.09. The highest BCUT2D eigenvalue weighted by Gasteiger charge is 2.23. The minimum absolute atomic E-state index is 0.0697. The van der Waals surface area contributed by atoms with Crippen LogP contribution in [0.15, 0.2) is 87.9 Å². The van der Waals surface area contributed by atoms with Gasteiger partial charge >= 0.3 is 0 Å². The molecular weight excluding hydrogens is 416 g/mol. The van der Waals surface area contributed by atoms with E-state index in [9.17, 15) is 10.2 Å². The van der Waals surface area contributed by atoms with E-state index in [1.807, 2.05) is 49.4 Å². The van der Waals surface area contributed by atoms with Crippen molar-refractivity contribution < 1.29 is 14.9 Å². The van der Waals surface area contributed by atoms with Crippen molar-refractivity contribution in [3.8, 4) is 17.2 Å². The Morgan fingerprint density at radius 1 is 1.03 bits per heavy atom. The first-order valence-electron chi connectivity index (χ1n) is 10.9. The summed E-state index contributed by atoms with van der Waals surface area (Å²) in [7, 11) is 0. The van der Waals surface area contributed by atoms with Crippen LogP contribution in [-0.2, 0) is 0 Å². The summed E-state index contributed by atoms with van der Waals surface area (Å²) in [5, 5.41) is 24.8. The average molecular weight is 443 g/mol. The standard InChI is InChI=1S/C26H26N4O3/c1-2-14-33-20-13-12-19(25(32)15-20)17-27-30-26-28-22(18-8-4-3-5-9-18)16-23(29-26)21-10-6-7-11-24(21)31/h3-13,15,17,23,31-32H,2,14,16H2,1H3,(H,29,30)/b27-17+. The molecule has 0 saturated heterocycles. The lowest BCUT2D eigenvalue weighted by atomic mass is 9.96. The number of nitrogens with zero attached hydrogens (tertiary/aromatic N) is 3. The van der Waals surface area contributed by atoms with Crippen molar-refractivity contribution in [1.82, 2.24) is 5.43 Å². The lowest BCUT2D eigenvalue weighted by molar-refractivity contribution is 0.315. The van der Waals surface area contributed by atoms with Gasteiger partial charge in [0.25, 0.3) is 0 Å². The summed E-state index contributed by atoms with van der Waals surface area (Å²) in [6.45, 7) is 2.62. The van der Waals surface area contributed by atoms with E-state index in [0.717, 1.165) is 23.3 Å². The molecule has 1 heterocycles. The molecule has 3 aromatic rings. The van der Waals surface area contributed by atoms with Crippen LogP contribution < -0.4 is 10.2 Å². The predicted molar refractivity (Wildman–Crippen MR) is 131 cm³/mol. The van der Waals surface area contributed by atoms with Crippen LogP contribution in [0, 0.1) is 0 Å². The van der Waals surface area contributed by atoms with Crippen LogP contribution in [0.2, 0.25) is 0 Å². The van der Waals surface area contributed by atoms with Gasteiger partial charge in [-0.1, -0.05) is 55.5 Å². The van der Waals surface area contributed by atoms with E-state index < -0.39 is 0 Å². The van der Waals surface area contributed by atoms with E-state index in [2.05, 4.69) is 20.5 Å². The highest BCUT2D eigenvalue weighted by atomic mass is 16.5. The molecule has 1 aliphatic heterocycles. The van der Waals surface area contributed by atoms with Crippen molar-refractivity contribution in [3.05, 3.63) is 89.5 Å². The summed E-state index contributed by atoms with van der Waals surface area (Å²) < 4.78 is 5.53. The molecule has 0 fully saturated rings. The summed E-state index contributed by atoms with van der Waals surface area (Å²) in [6.07, 6.45) is 2.95. The van der Waals surface area contributed by atoms with Gasteiger partial charge < -0.3 is 14.9 Å². The zero-order valence-electron chi connectivity index (χ0n) is 18.3. The Kier molecular flexibility index (Phi) is 6.99. The van der Waals surface area contributed by atoms with Gasteiger partial charge in [-0.15, -0.1) is 0 Å². The van der Waals surface area contributed by atoms with E-state index in [1.54, 1.807) is 30.3 Å². The van der Waals surface area contributed by atoms with E-state index in [-0.39, 0.29) is 17.5 Å². The van der Waals surface area contributed by atoms with Gasteiger partial charge in [0.15, 0.2) is 0 Å². The molecule has 4 rings (SSSR count). The van der Waals surface area contributed by atoms with Gasteiger partial charge in [-0.3, -0.25) is 0 Å². The molecule has 0 aliphatic carbocycles. The summed E-state index contributed by atoms with van der Waals surface area (Å²) in [5.41, 5.74) is 5.96. The van der Waals surface area contributed by atoms with Crippen molar-refractivity contribution in [3.63, 3.8) is 0 Å². The number of phenolic OH excluding ortho intramolecular Hbond substituents is 2. The number of hydrogen-bond acceptors (Lipinski definition) is 7. The van der Waals surface area contributed by atoms with Crippen LogP contribution in [0.5, 0.6) is 17.2 Å². The topological polar surface area (TPSA) is 98.8 Å². The number of hydrazone groups is 1. The first-order valence-corrected chi connectivity index (χ1v) is 10.9. The van der Waals surface area contributed by atoms with Crippen molar-refractivity contribution in [2.45, 2.75) is 25.8 Å². The highest BCUT2D eigenvalue weighted by Crippen LogP contribution is 2.32. The second-order valence-corrected chi connectivity index (χ2v) is 7.60. The van der Waals surface area contributed by atoms with Crippen LogP contribution in [0.25, 0.3) is 0 Å². The summed E-state index contributed by atoms with van der Waals surface area (Å²) in [4.78, 5) is 9.29. The number of para-hydroxylation sites is 1. The number of guanidine groups is 1. The Bertz CT molecular complexity index is 1190. The number of phenols is 2. The average Bonchev–Trinajstić information content (AvgIpc) is 2.84. The fourth-order valence-corrected chi connectivity index (χ4v) is 3.50. The van der Waals surface area contributed by atoms with Gasteiger partial charge in [0, 0.05) is 23.6 Å². The maximum Gasteiger partial charge on any atom is 0.239 e. The third-order valence-corrected chi connectivity index (χ3v) is 5.15. The molecule has 0 amide bonds. The molecule has 33 heavy (non-hydrogen) atoms. The molecule has 0 saturated carbocycles. The fraction of sp³-hybridized carbons (Fsp3) is 0.192. The van der Waals surface area contributed by atoms with Crippen LogP contribution >= 0.6 is 0 Å². The monoisotopic (exact) mass is 442 g/mol. The van der Waals surface area contributed by atoms with Gasteiger partial charge in [0.05, 0.1) is 24.6 Å². The molecule has 3 aromatic carbocycles.